The number of para-hydroxylation sites is 1. The van der Waals surface area contributed by atoms with Gasteiger partial charge in [0.2, 0.25) is 6.79 Å². The topological polar surface area (TPSA) is 77.1 Å². The summed E-state index contributed by atoms with van der Waals surface area (Å²) in [7, 11) is 1.57. The Bertz CT molecular complexity index is 933. The third-order valence-corrected chi connectivity index (χ3v) is 4.67. The van der Waals surface area contributed by atoms with Crippen molar-refractivity contribution in [3.8, 4) is 17.2 Å². The van der Waals surface area contributed by atoms with Gasteiger partial charge in [-0.15, -0.1) is 0 Å². The van der Waals surface area contributed by atoms with Crippen molar-refractivity contribution in [2.45, 2.75) is 39.7 Å². The monoisotopic (exact) mass is 398 g/mol. The van der Waals surface area contributed by atoms with Crippen LogP contribution in [0.25, 0.3) is 0 Å². The number of methoxy groups -OCH3 is 1. The average molecular weight is 398 g/mol. The molecule has 0 radical (unpaired) electrons. The highest BCUT2D eigenvalue weighted by atomic mass is 16.7. The maximum atomic E-state index is 13.4. The number of benzene rings is 2. The Hall–Kier alpha value is -3.22. The fraction of sp³-hybridized carbons (Fsp3) is 0.364. The molecule has 154 valence electrons. The van der Waals surface area contributed by atoms with E-state index in [1.807, 2.05) is 33.8 Å². The number of ether oxygens (including phenoxy) is 3. The lowest BCUT2D eigenvalue weighted by molar-refractivity contribution is 0.0356. The zero-order valence-electron chi connectivity index (χ0n) is 17.4. The summed E-state index contributed by atoms with van der Waals surface area (Å²) in [6.07, 6.45) is 0.619. The van der Waals surface area contributed by atoms with Crippen molar-refractivity contribution in [2.75, 3.05) is 13.9 Å². The van der Waals surface area contributed by atoms with Crippen LogP contribution in [0.3, 0.4) is 0 Å². The van der Waals surface area contributed by atoms with Crippen molar-refractivity contribution in [1.82, 2.24) is 10.4 Å². The second-order valence-electron chi connectivity index (χ2n) is 7.63. The van der Waals surface area contributed by atoms with Crippen LogP contribution in [-0.4, -0.2) is 36.3 Å². The van der Waals surface area contributed by atoms with E-state index in [4.69, 9.17) is 14.2 Å². The van der Waals surface area contributed by atoms with Gasteiger partial charge in [-0.25, -0.2) is 5.01 Å². The molecule has 7 heteroatoms. The van der Waals surface area contributed by atoms with E-state index in [0.29, 0.717) is 34.8 Å². The van der Waals surface area contributed by atoms with E-state index in [-0.39, 0.29) is 12.7 Å². The van der Waals surface area contributed by atoms with Gasteiger partial charge in [-0.05, 0) is 51.5 Å². The minimum atomic E-state index is -0.670. The predicted molar refractivity (Wildman–Crippen MR) is 108 cm³/mol. The van der Waals surface area contributed by atoms with E-state index in [1.165, 1.54) is 5.01 Å². The van der Waals surface area contributed by atoms with Gasteiger partial charge in [-0.1, -0.05) is 19.1 Å². The van der Waals surface area contributed by atoms with Gasteiger partial charge in [0.05, 0.1) is 18.2 Å². The molecule has 0 aromatic heterocycles. The molecule has 0 aliphatic carbocycles. The Morgan fingerprint density at radius 1 is 1.10 bits per heavy atom. The molecular formula is C22H26N2O5. The number of carbonyl (C=O) groups excluding carboxylic acids is 2. The molecule has 1 aliphatic heterocycles. The van der Waals surface area contributed by atoms with Crippen molar-refractivity contribution < 1.29 is 23.8 Å². The third kappa shape index (κ3) is 3.99. The first kappa shape index (κ1) is 20.5. The van der Waals surface area contributed by atoms with Crippen molar-refractivity contribution in [2.24, 2.45) is 0 Å². The quantitative estimate of drug-likeness (QED) is 0.797. The van der Waals surface area contributed by atoms with Crippen LogP contribution in [0.4, 0.5) is 0 Å². The van der Waals surface area contributed by atoms with E-state index in [1.54, 1.807) is 37.4 Å². The molecule has 2 aromatic rings. The Kier molecular flexibility index (Phi) is 5.68. The number of fused-ring (bicyclic) bond motifs is 1. The molecular weight excluding hydrogens is 372 g/mol. The fourth-order valence-corrected chi connectivity index (χ4v) is 3.24. The minimum Gasteiger partial charge on any atom is -0.496 e. The predicted octanol–water partition coefficient (Wildman–Crippen LogP) is 3.57. The van der Waals surface area contributed by atoms with Crippen molar-refractivity contribution in [3.63, 3.8) is 0 Å². The molecule has 0 bridgehead atoms. The second kappa shape index (κ2) is 8.03. The number of rotatable bonds is 4. The molecule has 0 saturated heterocycles. The van der Waals surface area contributed by atoms with Crippen LogP contribution >= 0.6 is 0 Å². The Balaban J connectivity index is 1.95. The molecule has 2 aromatic carbocycles. The summed E-state index contributed by atoms with van der Waals surface area (Å²) in [6.45, 7) is 7.58. The lowest BCUT2D eigenvalue weighted by atomic mass is 10.0. The molecule has 3 rings (SSSR count). The molecule has 0 saturated carbocycles. The minimum absolute atomic E-state index is 0.0607. The lowest BCUT2D eigenvalue weighted by Gasteiger charge is -2.36. The Morgan fingerprint density at radius 3 is 2.45 bits per heavy atom. The maximum absolute atomic E-state index is 13.4. The molecule has 1 heterocycles. The van der Waals surface area contributed by atoms with Crippen LogP contribution < -0.4 is 19.6 Å². The van der Waals surface area contributed by atoms with Gasteiger partial charge in [-0.3, -0.25) is 15.0 Å². The molecule has 1 aliphatic rings. The SMILES string of the molecule is CCc1c(OC)cccc1C(=O)N(NC(=O)c1cccc2c1OCO2)C(C)(C)C. The first-order chi connectivity index (χ1) is 13.8. The van der Waals surface area contributed by atoms with Crippen LogP contribution in [0, 0.1) is 0 Å². The van der Waals surface area contributed by atoms with Gasteiger partial charge in [0.15, 0.2) is 11.5 Å². The summed E-state index contributed by atoms with van der Waals surface area (Å²) in [5.41, 5.74) is 3.68. The highest BCUT2D eigenvalue weighted by molar-refractivity contribution is 6.02. The van der Waals surface area contributed by atoms with E-state index in [2.05, 4.69) is 5.43 Å². The van der Waals surface area contributed by atoms with Crippen molar-refractivity contribution in [3.05, 3.63) is 53.1 Å². The van der Waals surface area contributed by atoms with Gasteiger partial charge < -0.3 is 14.2 Å². The molecule has 2 amide bonds. The summed E-state index contributed by atoms with van der Waals surface area (Å²) >= 11 is 0. The number of hydrogen-bond acceptors (Lipinski definition) is 5. The number of amides is 2. The van der Waals surface area contributed by atoms with Crippen LogP contribution in [0.15, 0.2) is 36.4 Å². The number of hydrogen-bond donors (Lipinski definition) is 1. The van der Waals surface area contributed by atoms with Gasteiger partial charge >= 0.3 is 0 Å². The maximum Gasteiger partial charge on any atom is 0.273 e. The van der Waals surface area contributed by atoms with Gasteiger partial charge in [0, 0.05) is 11.1 Å². The smallest absolute Gasteiger partial charge is 0.273 e. The van der Waals surface area contributed by atoms with Crippen LogP contribution in [0.1, 0.15) is 54.0 Å². The highest BCUT2D eigenvalue weighted by Crippen LogP contribution is 2.35. The van der Waals surface area contributed by atoms with Gasteiger partial charge in [0.1, 0.15) is 5.75 Å². The summed E-state index contributed by atoms with van der Waals surface area (Å²) < 4.78 is 16.2. The normalized spacial score (nSPS) is 12.4. The van der Waals surface area contributed by atoms with Crippen LogP contribution in [0.2, 0.25) is 0 Å². The van der Waals surface area contributed by atoms with Crippen molar-refractivity contribution in [1.29, 1.82) is 0 Å². The van der Waals surface area contributed by atoms with Gasteiger partial charge in [-0.2, -0.15) is 0 Å². The van der Waals surface area contributed by atoms with E-state index in [0.717, 1.165) is 5.56 Å². The second-order valence-corrected chi connectivity index (χ2v) is 7.63. The Morgan fingerprint density at radius 2 is 1.79 bits per heavy atom. The first-order valence-electron chi connectivity index (χ1n) is 9.48. The zero-order chi connectivity index (χ0) is 21.2. The molecule has 1 N–H and O–H groups in total. The first-order valence-corrected chi connectivity index (χ1v) is 9.48. The number of hydrazine groups is 1. The summed E-state index contributed by atoms with van der Waals surface area (Å²) in [5.74, 6) is 0.766. The number of nitrogens with one attached hydrogen (secondary N) is 1. The van der Waals surface area contributed by atoms with Crippen LogP contribution in [0.5, 0.6) is 17.2 Å². The molecule has 29 heavy (non-hydrogen) atoms. The lowest BCUT2D eigenvalue weighted by Crippen LogP contribution is -2.56. The van der Waals surface area contributed by atoms with Crippen molar-refractivity contribution >= 4 is 11.8 Å². The molecule has 0 unspecified atom stereocenters. The third-order valence-electron chi connectivity index (χ3n) is 4.67. The highest BCUT2D eigenvalue weighted by Gasteiger charge is 2.32. The summed E-state index contributed by atoms with van der Waals surface area (Å²) in [6, 6.07) is 10.4. The van der Waals surface area contributed by atoms with E-state index < -0.39 is 11.4 Å². The Labute approximate surface area is 170 Å². The van der Waals surface area contributed by atoms with E-state index in [9.17, 15) is 9.59 Å². The summed E-state index contributed by atoms with van der Waals surface area (Å²) in [4.78, 5) is 26.4. The van der Waals surface area contributed by atoms with E-state index >= 15 is 0 Å². The number of carbonyl (C=O) groups is 2. The van der Waals surface area contributed by atoms with Crippen LogP contribution in [-0.2, 0) is 6.42 Å². The average Bonchev–Trinajstić information content (AvgIpc) is 3.18. The number of nitrogens with zero attached hydrogens (tertiary/aromatic N) is 1. The zero-order valence-corrected chi connectivity index (χ0v) is 17.4. The summed E-state index contributed by atoms with van der Waals surface area (Å²) in [5, 5.41) is 1.35. The standard InChI is InChI=1S/C22H26N2O5/c1-6-14-15(9-7-11-17(14)27-5)21(26)24(22(2,3)4)23-20(25)16-10-8-12-18-19(16)29-13-28-18/h7-12H,6,13H2,1-5H3,(H,23,25). The van der Waals surface area contributed by atoms with Gasteiger partial charge in [0.25, 0.3) is 11.8 Å². The largest absolute Gasteiger partial charge is 0.496 e. The fourth-order valence-electron chi connectivity index (χ4n) is 3.24. The molecule has 0 spiro atoms. The molecule has 0 fully saturated rings. The molecule has 7 nitrogen and oxygen atoms in total. The molecule has 0 atom stereocenters.